The van der Waals surface area contributed by atoms with E-state index < -0.39 is 17.7 Å². The second-order valence-corrected chi connectivity index (χ2v) is 6.29. The molecule has 0 bridgehead atoms. The average Bonchev–Trinajstić information content (AvgIpc) is 2.69. The number of esters is 1. The van der Waals surface area contributed by atoms with Crippen LogP contribution in [0.15, 0.2) is 47.5 Å². The molecule has 150 valence electrons. The van der Waals surface area contributed by atoms with E-state index >= 15 is 0 Å². The van der Waals surface area contributed by atoms with Crippen LogP contribution in [0.25, 0.3) is 0 Å². The number of alkyl halides is 3. The van der Waals surface area contributed by atoms with Gasteiger partial charge in [-0.25, -0.2) is 9.79 Å². The van der Waals surface area contributed by atoms with E-state index in [1.165, 1.54) is 12.1 Å². The average molecular weight is 392 g/mol. The standard InChI is InChI=1S/C21H23F3N2O2/c1-4-16-12-18(25-14-26(3)5-2)9-10-19(16)20(27)28-13-15-7-6-8-17(11-15)21(22,23)24/h6-12,14H,4-5,13H2,1-3H3/b25-14+. The van der Waals surface area contributed by atoms with Gasteiger partial charge in [0, 0.05) is 13.6 Å². The molecule has 0 fully saturated rings. The van der Waals surface area contributed by atoms with E-state index in [4.69, 9.17) is 4.74 Å². The number of benzene rings is 2. The van der Waals surface area contributed by atoms with Crippen LogP contribution in [0.4, 0.5) is 18.9 Å². The first-order valence-corrected chi connectivity index (χ1v) is 8.95. The van der Waals surface area contributed by atoms with E-state index in [1.807, 2.05) is 25.8 Å². The van der Waals surface area contributed by atoms with Crippen LogP contribution in [0.5, 0.6) is 0 Å². The molecule has 0 N–H and O–H groups in total. The molecular formula is C21H23F3N2O2. The summed E-state index contributed by atoms with van der Waals surface area (Å²) in [7, 11) is 1.91. The molecule has 0 heterocycles. The van der Waals surface area contributed by atoms with Crippen LogP contribution in [0.1, 0.15) is 40.9 Å². The molecular weight excluding hydrogens is 369 g/mol. The number of carbonyl (C=O) groups excluding carboxylic acids is 1. The summed E-state index contributed by atoms with van der Waals surface area (Å²) < 4.78 is 43.6. The van der Waals surface area contributed by atoms with Crippen molar-refractivity contribution in [3.63, 3.8) is 0 Å². The van der Waals surface area contributed by atoms with Gasteiger partial charge in [0.25, 0.3) is 0 Å². The van der Waals surface area contributed by atoms with Gasteiger partial charge >= 0.3 is 12.1 Å². The minimum atomic E-state index is -4.43. The number of hydrogen-bond acceptors (Lipinski definition) is 3. The summed E-state index contributed by atoms with van der Waals surface area (Å²) in [6, 6.07) is 9.90. The highest BCUT2D eigenvalue weighted by molar-refractivity contribution is 5.91. The Morgan fingerprint density at radius 3 is 2.57 bits per heavy atom. The third-order valence-electron chi connectivity index (χ3n) is 4.22. The number of ether oxygens (including phenoxy) is 1. The maximum absolute atomic E-state index is 12.8. The molecule has 0 aromatic heterocycles. The molecule has 0 saturated heterocycles. The van der Waals surface area contributed by atoms with Crippen molar-refractivity contribution in [2.24, 2.45) is 4.99 Å². The predicted molar refractivity (Wildman–Crippen MR) is 103 cm³/mol. The summed E-state index contributed by atoms with van der Waals surface area (Å²) in [5, 5.41) is 0. The Balaban J connectivity index is 2.11. The van der Waals surface area contributed by atoms with Crippen molar-refractivity contribution in [1.29, 1.82) is 0 Å². The van der Waals surface area contributed by atoms with Crippen molar-refractivity contribution in [2.45, 2.75) is 33.1 Å². The Kier molecular flexibility index (Phi) is 7.20. The first kappa shape index (κ1) is 21.5. The van der Waals surface area contributed by atoms with E-state index in [0.29, 0.717) is 17.7 Å². The van der Waals surface area contributed by atoms with Crippen molar-refractivity contribution >= 4 is 18.0 Å². The smallest absolute Gasteiger partial charge is 0.416 e. The van der Waals surface area contributed by atoms with Gasteiger partial charge in [-0.1, -0.05) is 19.1 Å². The molecule has 0 unspecified atom stereocenters. The Labute approximate surface area is 162 Å². The zero-order valence-corrected chi connectivity index (χ0v) is 16.1. The lowest BCUT2D eigenvalue weighted by molar-refractivity contribution is -0.137. The van der Waals surface area contributed by atoms with Crippen molar-refractivity contribution in [3.05, 3.63) is 64.7 Å². The number of nitrogens with zero attached hydrogens (tertiary/aromatic N) is 2. The highest BCUT2D eigenvalue weighted by atomic mass is 19.4. The molecule has 0 aliphatic carbocycles. The molecule has 0 atom stereocenters. The minimum Gasteiger partial charge on any atom is -0.457 e. The summed E-state index contributed by atoms with van der Waals surface area (Å²) in [5.74, 6) is -0.574. The van der Waals surface area contributed by atoms with Crippen LogP contribution in [0.3, 0.4) is 0 Å². The molecule has 0 aliphatic heterocycles. The van der Waals surface area contributed by atoms with Crippen LogP contribution in [0.2, 0.25) is 0 Å². The van der Waals surface area contributed by atoms with E-state index in [-0.39, 0.29) is 12.2 Å². The molecule has 0 spiro atoms. The summed E-state index contributed by atoms with van der Waals surface area (Å²) >= 11 is 0. The number of aryl methyl sites for hydroxylation is 1. The predicted octanol–water partition coefficient (Wildman–Crippen LogP) is 5.24. The molecule has 0 aliphatic rings. The molecule has 2 aromatic rings. The van der Waals surface area contributed by atoms with Crippen LogP contribution in [0, 0.1) is 0 Å². The van der Waals surface area contributed by atoms with Gasteiger partial charge in [-0.3, -0.25) is 0 Å². The maximum Gasteiger partial charge on any atom is 0.416 e. The van der Waals surface area contributed by atoms with Crippen molar-refractivity contribution < 1.29 is 22.7 Å². The van der Waals surface area contributed by atoms with Gasteiger partial charge in [-0.15, -0.1) is 0 Å². The third kappa shape index (κ3) is 5.84. The number of halogens is 3. The first-order valence-electron chi connectivity index (χ1n) is 8.95. The zero-order valence-electron chi connectivity index (χ0n) is 16.1. The maximum atomic E-state index is 12.8. The van der Waals surface area contributed by atoms with E-state index in [2.05, 4.69) is 4.99 Å². The number of carbonyl (C=O) groups is 1. The fourth-order valence-electron chi connectivity index (χ4n) is 2.46. The lowest BCUT2D eigenvalue weighted by atomic mass is 10.0. The topological polar surface area (TPSA) is 41.9 Å². The van der Waals surface area contributed by atoms with Gasteiger partial charge < -0.3 is 9.64 Å². The van der Waals surface area contributed by atoms with Gasteiger partial charge in [0.05, 0.1) is 23.2 Å². The second-order valence-electron chi connectivity index (χ2n) is 6.29. The summed E-state index contributed by atoms with van der Waals surface area (Å²) in [6.45, 7) is 4.51. The molecule has 2 rings (SSSR count). The van der Waals surface area contributed by atoms with Gasteiger partial charge in [-0.05, 0) is 54.8 Å². The molecule has 0 amide bonds. The van der Waals surface area contributed by atoms with Crippen LogP contribution in [-0.4, -0.2) is 30.8 Å². The summed E-state index contributed by atoms with van der Waals surface area (Å²) in [6.07, 6.45) is -2.13. The first-order chi connectivity index (χ1) is 13.2. The Morgan fingerprint density at radius 2 is 1.93 bits per heavy atom. The summed E-state index contributed by atoms with van der Waals surface area (Å²) in [5.41, 5.74) is 1.38. The molecule has 0 saturated carbocycles. The van der Waals surface area contributed by atoms with Crippen molar-refractivity contribution in [3.8, 4) is 0 Å². The van der Waals surface area contributed by atoms with E-state index in [9.17, 15) is 18.0 Å². The van der Waals surface area contributed by atoms with Crippen LogP contribution < -0.4 is 0 Å². The molecule has 0 radical (unpaired) electrons. The zero-order chi connectivity index (χ0) is 20.7. The Hall–Kier alpha value is -2.83. The second kappa shape index (κ2) is 9.39. The van der Waals surface area contributed by atoms with Gasteiger partial charge in [0.15, 0.2) is 0 Å². The molecule has 7 heteroatoms. The van der Waals surface area contributed by atoms with Crippen molar-refractivity contribution in [2.75, 3.05) is 13.6 Å². The monoisotopic (exact) mass is 392 g/mol. The van der Waals surface area contributed by atoms with E-state index in [1.54, 1.807) is 24.5 Å². The molecule has 4 nitrogen and oxygen atoms in total. The molecule has 2 aromatic carbocycles. The largest absolute Gasteiger partial charge is 0.457 e. The lowest BCUT2D eigenvalue weighted by Gasteiger charge is -2.12. The number of hydrogen-bond donors (Lipinski definition) is 0. The van der Waals surface area contributed by atoms with Gasteiger partial charge in [0.2, 0.25) is 0 Å². The number of aliphatic imine (C=N–C) groups is 1. The normalized spacial score (nSPS) is 11.6. The van der Waals surface area contributed by atoms with Crippen LogP contribution in [-0.2, 0) is 23.9 Å². The fraction of sp³-hybridized carbons (Fsp3) is 0.333. The highest BCUT2D eigenvalue weighted by Gasteiger charge is 2.30. The lowest BCUT2D eigenvalue weighted by Crippen LogP contribution is -2.14. The third-order valence-corrected chi connectivity index (χ3v) is 4.22. The highest BCUT2D eigenvalue weighted by Crippen LogP contribution is 2.29. The number of rotatable bonds is 7. The Bertz CT molecular complexity index is 848. The van der Waals surface area contributed by atoms with Gasteiger partial charge in [0.1, 0.15) is 6.61 Å². The molecule has 28 heavy (non-hydrogen) atoms. The minimum absolute atomic E-state index is 0.229. The Morgan fingerprint density at radius 1 is 1.18 bits per heavy atom. The quantitative estimate of drug-likeness (QED) is 0.368. The van der Waals surface area contributed by atoms with Crippen molar-refractivity contribution in [1.82, 2.24) is 4.90 Å². The fourth-order valence-corrected chi connectivity index (χ4v) is 2.46. The van der Waals surface area contributed by atoms with Gasteiger partial charge in [-0.2, -0.15) is 13.2 Å². The SMILES string of the molecule is CCc1cc(/N=C/N(C)CC)ccc1C(=O)OCc1cccc(C(F)(F)F)c1. The van der Waals surface area contributed by atoms with Crippen LogP contribution >= 0.6 is 0 Å². The van der Waals surface area contributed by atoms with E-state index in [0.717, 1.165) is 24.2 Å². The summed E-state index contributed by atoms with van der Waals surface area (Å²) in [4.78, 5) is 18.7.